The standard InChI is InChI=1S/C5H5NO4/c7-3-10-5(8)4-1-9-2-6-4/h1-2,7H,3H2. The topological polar surface area (TPSA) is 72.6 Å². The molecule has 0 unspecified atom stereocenters. The van der Waals surface area contributed by atoms with Gasteiger partial charge in [-0.2, -0.15) is 0 Å². The van der Waals surface area contributed by atoms with Crippen LogP contribution in [0.2, 0.25) is 0 Å². The number of aromatic nitrogens is 1. The van der Waals surface area contributed by atoms with Gasteiger partial charge in [0.2, 0.25) is 0 Å². The molecule has 0 fully saturated rings. The van der Waals surface area contributed by atoms with E-state index in [4.69, 9.17) is 5.11 Å². The van der Waals surface area contributed by atoms with Crippen molar-refractivity contribution in [2.45, 2.75) is 0 Å². The molecule has 0 aliphatic carbocycles. The summed E-state index contributed by atoms with van der Waals surface area (Å²) in [5.74, 6) is -0.698. The number of oxazole rings is 1. The lowest BCUT2D eigenvalue weighted by Crippen LogP contribution is -2.05. The lowest BCUT2D eigenvalue weighted by atomic mass is 10.5. The Morgan fingerprint density at radius 3 is 3.20 bits per heavy atom. The Morgan fingerprint density at radius 2 is 2.70 bits per heavy atom. The number of ether oxygens (including phenoxy) is 1. The predicted molar refractivity (Wildman–Crippen MR) is 29.0 cm³/mol. The Labute approximate surface area is 56.2 Å². The molecule has 0 amide bonds. The number of aliphatic hydroxyl groups excluding tert-OH is 1. The van der Waals surface area contributed by atoms with Crippen LogP contribution in [0.4, 0.5) is 0 Å². The van der Waals surface area contributed by atoms with Crippen LogP contribution in [-0.2, 0) is 4.74 Å². The molecule has 1 N–H and O–H groups in total. The van der Waals surface area contributed by atoms with Gasteiger partial charge < -0.3 is 14.3 Å². The van der Waals surface area contributed by atoms with Crippen LogP contribution >= 0.6 is 0 Å². The van der Waals surface area contributed by atoms with E-state index < -0.39 is 12.8 Å². The van der Waals surface area contributed by atoms with Crippen LogP contribution in [0.25, 0.3) is 0 Å². The minimum Gasteiger partial charge on any atom is -0.451 e. The molecule has 0 aliphatic heterocycles. The van der Waals surface area contributed by atoms with Crippen molar-refractivity contribution in [2.24, 2.45) is 0 Å². The third-order valence-corrected chi connectivity index (χ3v) is 0.837. The normalized spacial score (nSPS) is 9.30. The highest BCUT2D eigenvalue weighted by Gasteiger charge is 2.08. The molecular weight excluding hydrogens is 138 g/mol. The van der Waals surface area contributed by atoms with Crippen molar-refractivity contribution in [1.82, 2.24) is 4.98 Å². The maximum atomic E-state index is 10.6. The fourth-order valence-electron chi connectivity index (χ4n) is 0.446. The van der Waals surface area contributed by atoms with E-state index >= 15 is 0 Å². The van der Waals surface area contributed by atoms with E-state index in [0.29, 0.717) is 0 Å². The number of rotatable bonds is 2. The zero-order valence-corrected chi connectivity index (χ0v) is 4.98. The van der Waals surface area contributed by atoms with Crippen LogP contribution in [0.3, 0.4) is 0 Å². The van der Waals surface area contributed by atoms with Crippen LogP contribution in [0.15, 0.2) is 17.1 Å². The first kappa shape index (κ1) is 6.76. The van der Waals surface area contributed by atoms with E-state index in [2.05, 4.69) is 14.1 Å². The van der Waals surface area contributed by atoms with Crippen LogP contribution in [0, 0.1) is 0 Å². The van der Waals surface area contributed by atoms with E-state index in [-0.39, 0.29) is 5.69 Å². The minimum atomic E-state index is -0.698. The van der Waals surface area contributed by atoms with Crippen LogP contribution in [0.5, 0.6) is 0 Å². The molecule has 0 atom stereocenters. The highest BCUT2D eigenvalue weighted by molar-refractivity contribution is 5.86. The number of carbonyl (C=O) groups excluding carboxylic acids is 1. The first-order valence-electron chi connectivity index (χ1n) is 2.51. The second-order valence-corrected chi connectivity index (χ2v) is 1.43. The largest absolute Gasteiger partial charge is 0.451 e. The van der Waals surface area contributed by atoms with Gasteiger partial charge >= 0.3 is 5.97 Å². The van der Waals surface area contributed by atoms with Gasteiger partial charge in [-0.25, -0.2) is 9.78 Å². The zero-order valence-electron chi connectivity index (χ0n) is 4.98. The van der Waals surface area contributed by atoms with E-state index in [1.54, 1.807) is 0 Å². The monoisotopic (exact) mass is 143 g/mol. The molecule has 0 aliphatic rings. The van der Waals surface area contributed by atoms with Gasteiger partial charge in [-0.15, -0.1) is 0 Å². The molecule has 54 valence electrons. The van der Waals surface area contributed by atoms with Crippen molar-refractivity contribution in [3.8, 4) is 0 Å². The molecular formula is C5H5NO4. The van der Waals surface area contributed by atoms with Gasteiger partial charge in [0.15, 0.2) is 18.9 Å². The first-order valence-corrected chi connectivity index (χ1v) is 2.51. The summed E-state index contributed by atoms with van der Waals surface area (Å²) in [6.07, 6.45) is 2.24. The lowest BCUT2D eigenvalue weighted by molar-refractivity contribution is 0.00624. The van der Waals surface area contributed by atoms with Gasteiger partial charge in [0.25, 0.3) is 0 Å². The van der Waals surface area contributed by atoms with Gasteiger partial charge in [0.1, 0.15) is 6.26 Å². The molecule has 0 saturated heterocycles. The number of esters is 1. The Balaban J connectivity index is 2.59. The minimum absolute atomic E-state index is 0.0500. The van der Waals surface area contributed by atoms with Gasteiger partial charge in [0.05, 0.1) is 0 Å². The Kier molecular flexibility index (Phi) is 2.01. The molecule has 0 aromatic carbocycles. The summed E-state index contributed by atoms with van der Waals surface area (Å²) < 4.78 is 8.67. The molecule has 1 rings (SSSR count). The highest BCUT2D eigenvalue weighted by atomic mass is 16.6. The smallest absolute Gasteiger partial charge is 0.362 e. The molecule has 5 nitrogen and oxygen atoms in total. The summed E-state index contributed by atoms with van der Waals surface area (Å²) in [4.78, 5) is 14.1. The van der Waals surface area contributed by atoms with E-state index in [0.717, 1.165) is 12.7 Å². The van der Waals surface area contributed by atoms with Gasteiger partial charge in [-0.05, 0) is 0 Å². The highest BCUT2D eigenvalue weighted by Crippen LogP contribution is 1.95. The number of nitrogens with zero attached hydrogens (tertiary/aromatic N) is 1. The lowest BCUT2D eigenvalue weighted by Gasteiger charge is -1.93. The fourth-order valence-corrected chi connectivity index (χ4v) is 0.446. The molecule has 0 saturated carbocycles. The molecule has 1 aromatic heterocycles. The predicted octanol–water partition coefficient (Wildman–Crippen LogP) is -0.219. The summed E-state index contributed by atoms with van der Waals surface area (Å²) in [7, 11) is 0. The third kappa shape index (κ3) is 1.32. The second kappa shape index (κ2) is 2.98. The Bertz CT molecular complexity index is 205. The van der Waals surface area contributed by atoms with Crippen molar-refractivity contribution in [3.05, 3.63) is 18.4 Å². The molecule has 0 spiro atoms. The van der Waals surface area contributed by atoms with Gasteiger partial charge in [0, 0.05) is 0 Å². The first-order chi connectivity index (χ1) is 4.84. The van der Waals surface area contributed by atoms with Crippen molar-refractivity contribution >= 4 is 5.97 Å². The van der Waals surface area contributed by atoms with Crippen molar-refractivity contribution in [1.29, 1.82) is 0 Å². The maximum Gasteiger partial charge on any atom is 0.362 e. The zero-order chi connectivity index (χ0) is 7.40. The van der Waals surface area contributed by atoms with E-state index in [9.17, 15) is 4.79 Å². The number of hydrogen-bond donors (Lipinski definition) is 1. The molecule has 10 heavy (non-hydrogen) atoms. The summed E-state index contributed by atoms with van der Waals surface area (Å²) in [6.45, 7) is -0.647. The third-order valence-electron chi connectivity index (χ3n) is 0.837. The Hall–Kier alpha value is -1.36. The van der Waals surface area contributed by atoms with Crippen molar-refractivity contribution in [2.75, 3.05) is 6.79 Å². The number of hydrogen-bond acceptors (Lipinski definition) is 5. The quantitative estimate of drug-likeness (QED) is 0.457. The average molecular weight is 143 g/mol. The van der Waals surface area contributed by atoms with Gasteiger partial charge in [-0.1, -0.05) is 0 Å². The maximum absolute atomic E-state index is 10.6. The van der Waals surface area contributed by atoms with Crippen LogP contribution in [-0.4, -0.2) is 22.9 Å². The Morgan fingerprint density at radius 1 is 1.90 bits per heavy atom. The average Bonchev–Trinajstić information content (AvgIpc) is 2.38. The van der Waals surface area contributed by atoms with E-state index in [1.807, 2.05) is 0 Å². The summed E-state index contributed by atoms with van der Waals surface area (Å²) in [5.41, 5.74) is 0.0500. The molecule has 1 aromatic rings. The van der Waals surface area contributed by atoms with E-state index in [1.165, 1.54) is 0 Å². The summed E-state index contributed by atoms with van der Waals surface area (Å²) in [6, 6.07) is 0. The molecule has 1 heterocycles. The van der Waals surface area contributed by atoms with Gasteiger partial charge in [-0.3, -0.25) is 0 Å². The molecule has 5 heteroatoms. The number of aliphatic hydroxyl groups is 1. The number of carbonyl (C=O) groups is 1. The van der Waals surface area contributed by atoms with Crippen molar-refractivity contribution < 1.29 is 19.1 Å². The molecule has 0 radical (unpaired) electrons. The summed E-state index contributed by atoms with van der Waals surface area (Å²) in [5, 5.41) is 8.13. The molecule has 0 bridgehead atoms. The van der Waals surface area contributed by atoms with Crippen molar-refractivity contribution in [3.63, 3.8) is 0 Å². The fraction of sp³-hybridized carbons (Fsp3) is 0.200. The summed E-state index contributed by atoms with van der Waals surface area (Å²) >= 11 is 0. The van der Waals surface area contributed by atoms with Crippen LogP contribution in [0.1, 0.15) is 10.5 Å². The SMILES string of the molecule is O=C(OCO)c1cocn1. The van der Waals surface area contributed by atoms with Crippen LogP contribution < -0.4 is 0 Å². The second-order valence-electron chi connectivity index (χ2n) is 1.43.